The lowest BCUT2D eigenvalue weighted by atomic mass is 9.95. The number of ether oxygens (including phenoxy) is 1. The normalized spacial score (nSPS) is 15.2. The Morgan fingerprint density at radius 1 is 1.08 bits per heavy atom. The van der Waals surface area contributed by atoms with E-state index in [-0.39, 0.29) is 12.2 Å². The zero-order chi connectivity index (χ0) is 26.6. The van der Waals surface area contributed by atoms with E-state index in [4.69, 9.17) is 17.0 Å². The maximum Gasteiger partial charge on any atom is 0.338 e. The molecule has 1 aliphatic heterocycles. The molecule has 12 nitrogen and oxygen atoms in total. The van der Waals surface area contributed by atoms with Gasteiger partial charge in [0, 0.05) is 30.1 Å². The molecular weight excluding hydrogens is 490 g/mol. The zero-order valence-corrected chi connectivity index (χ0v) is 20.5. The van der Waals surface area contributed by atoms with Crippen molar-refractivity contribution < 1.29 is 24.2 Å². The summed E-state index contributed by atoms with van der Waals surface area (Å²) in [7, 11) is 0. The maximum absolute atomic E-state index is 12.7. The Bertz CT molecular complexity index is 1240. The van der Waals surface area contributed by atoms with Gasteiger partial charge in [-0.15, -0.1) is 0 Å². The summed E-state index contributed by atoms with van der Waals surface area (Å²) < 4.78 is 5.25. The summed E-state index contributed by atoms with van der Waals surface area (Å²) in [6.07, 6.45) is 0. The van der Waals surface area contributed by atoms with Crippen molar-refractivity contribution in [3.63, 3.8) is 0 Å². The standard InChI is InChI=1S/C23H23N5O7S/c1-4-26-13(3)19(22(30)35-5-2)20(25-23(26)36)14-6-8-16(9-7-14)24-21(29)15-10-17(27(31)32)12-18(11-15)28(33)34/h6-12,20H,4-5H2,1-3H3,(H,24,29)(H,25,36). The van der Waals surface area contributed by atoms with Gasteiger partial charge in [0.2, 0.25) is 0 Å². The number of anilines is 1. The van der Waals surface area contributed by atoms with Crippen LogP contribution in [-0.2, 0) is 9.53 Å². The Kier molecular flexibility index (Phi) is 7.94. The number of nitrogens with zero attached hydrogens (tertiary/aromatic N) is 3. The van der Waals surface area contributed by atoms with Gasteiger partial charge in [0.1, 0.15) is 0 Å². The van der Waals surface area contributed by atoms with Gasteiger partial charge in [0.25, 0.3) is 17.3 Å². The van der Waals surface area contributed by atoms with E-state index in [0.29, 0.717) is 34.2 Å². The molecule has 1 aliphatic rings. The fourth-order valence-electron chi connectivity index (χ4n) is 3.78. The molecule has 188 valence electrons. The molecule has 1 amide bonds. The molecule has 3 rings (SSSR count). The number of esters is 1. The molecule has 13 heteroatoms. The topological polar surface area (TPSA) is 157 Å². The van der Waals surface area contributed by atoms with Gasteiger partial charge in [0.05, 0.1) is 39.7 Å². The highest BCUT2D eigenvalue weighted by molar-refractivity contribution is 7.80. The Hall–Kier alpha value is -4.39. The summed E-state index contributed by atoms with van der Waals surface area (Å²) in [4.78, 5) is 47.8. The second-order valence-corrected chi connectivity index (χ2v) is 8.06. The number of nitro benzene ring substituents is 2. The molecule has 0 saturated carbocycles. The van der Waals surface area contributed by atoms with Crippen molar-refractivity contribution in [1.82, 2.24) is 10.2 Å². The van der Waals surface area contributed by atoms with Crippen molar-refractivity contribution >= 4 is 46.3 Å². The van der Waals surface area contributed by atoms with Crippen LogP contribution in [0.2, 0.25) is 0 Å². The summed E-state index contributed by atoms with van der Waals surface area (Å²) >= 11 is 5.45. The quantitative estimate of drug-likeness (QED) is 0.230. The number of hydrogen-bond donors (Lipinski definition) is 2. The summed E-state index contributed by atoms with van der Waals surface area (Å²) in [6, 6.07) is 8.64. The number of carbonyl (C=O) groups excluding carboxylic acids is 2. The summed E-state index contributed by atoms with van der Waals surface area (Å²) in [5.41, 5.74) is 0.728. The first kappa shape index (κ1) is 26.2. The lowest BCUT2D eigenvalue weighted by Crippen LogP contribution is -2.47. The Morgan fingerprint density at radius 2 is 1.67 bits per heavy atom. The highest BCUT2D eigenvalue weighted by Gasteiger charge is 2.34. The first-order valence-corrected chi connectivity index (χ1v) is 11.3. The summed E-state index contributed by atoms with van der Waals surface area (Å²) in [5.74, 6) is -1.23. The van der Waals surface area contributed by atoms with Crippen LogP contribution in [0, 0.1) is 20.2 Å². The van der Waals surface area contributed by atoms with Crippen LogP contribution in [0.3, 0.4) is 0 Å². The number of thiocarbonyl (C=S) groups is 1. The van der Waals surface area contributed by atoms with Gasteiger partial charge in [-0.05, 0) is 50.7 Å². The molecule has 0 fully saturated rings. The third-order valence-electron chi connectivity index (χ3n) is 5.50. The minimum Gasteiger partial charge on any atom is -0.463 e. The molecule has 36 heavy (non-hydrogen) atoms. The van der Waals surface area contributed by atoms with Crippen molar-refractivity contribution in [2.75, 3.05) is 18.5 Å². The van der Waals surface area contributed by atoms with E-state index >= 15 is 0 Å². The molecule has 0 aliphatic carbocycles. The molecule has 0 bridgehead atoms. The predicted molar refractivity (Wildman–Crippen MR) is 134 cm³/mol. The predicted octanol–water partition coefficient (Wildman–Crippen LogP) is 3.84. The fraction of sp³-hybridized carbons (Fsp3) is 0.261. The third-order valence-corrected chi connectivity index (χ3v) is 5.83. The van der Waals surface area contributed by atoms with Crippen LogP contribution in [0.1, 0.15) is 42.7 Å². The SMILES string of the molecule is CCOC(=O)C1=C(C)N(CC)C(=S)NC1c1ccc(NC(=O)c2cc([N+](=O)[O-])cc([N+](=O)[O-])c2)cc1. The second kappa shape index (κ2) is 10.9. The van der Waals surface area contributed by atoms with Gasteiger partial charge < -0.3 is 20.3 Å². The number of non-ortho nitro benzene ring substituents is 2. The number of hydrogen-bond acceptors (Lipinski definition) is 8. The molecule has 1 atom stereocenters. The van der Waals surface area contributed by atoms with E-state index in [1.807, 2.05) is 6.92 Å². The third kappa shape index (κ3) is 5.46. The first-order chi connectivity index (χ1) is 17.1. The van der Waals surface area contributed by atoms with Crippen LogP contribution >= 0.6 is 12.2 Å². The summed E-state index contributed by atoms with van der Waals surface area (Å²) in [5, 5.41) is 28.4. The van der Waals surface area contributed by atoms with E-state index < -0.39 is 39.1 Å². The largest absolute Gasteiger partial charge is 0.463 e. The summed E-state index contributed by atoms with van der Waals surface area (Å²) in [6.45, 7) is 6.19. The average molecular weight is 514 g/mol. The number of benzene rings is 2. The highest BCUT2D eigenvalue weighted by atomic mass is 32.1. The van der Waals surface area contributed by atoms with E-state index in [1.165, 1.54) is 0 Å². The number of nitrogens with one attached hydrogen (secondary N) is 2. The number of allylic oxidation sites excluding steroid dienone is 1. The number of rotatable bonds is 8. The van der Waals surface area contributed by atoms with Gasteiger partial charge in [-0.1, -0.05) is 12.1 Å². The first-order valence-electron chi connectivity index (χ1n) is 10.9. The van der Waals surface area contributed by atoms with Crippen LogP contribution in [0.4, 0.5) is 17.1 Å². The number of carbonyl (C=O) groups is 2. The van der Waals surface area contributed by atoms with Crippen LogP contribution in [0.5, 0.6) is 0 Å². The van der Waals surface area contributed by atoms with Gasteiger partial charge >= 0.3 is 5.97 Å². The average Bonchev–Trinajstić information content (AvgIpc) is 2.84. The smallest absolute Gasteiger partial charge is 0.338 e. The van der Waals surface area contributed by atoms with Crippen LogP contribution < -0.4 is 10.6 Å². The van der Waals surface area contributed by atoms with Crippen molar-refractivity contribution in [3.8, 4) is 0 Å². The Labute approximate surface area is 211 Å². The molecule has 0 saturated heterocycles. The van der Waals surface area contributed by atoms with Gasteiger partial charge in [0.15, 0.2) is 5.11 Å². The highest BCUT2D eigenvalue weighted by Crippen LogP contribution is 2.32. The van der Waals surface area contributed by atoms with E-state index in [1.54, 1.807) is 43.0 Å². The Balaban J connectivity index is 1.88. The monoisotopic (exact) mass is 513 g/mol. The number of amides is 1. The molecule has 1 unspecified atom stereocenters. The molecule has 2 N–H and O–H groups in total. The molecule has 2 aromatic carbocycles. The number of nitro groups is 2. The molecular formula is C23H23N5O7S. The van der Waals surface area contributed by atoms with Crippen LogP contribution in [0.15, 0.2) is 53.7 Å². The van der Waals surface area contributed by atoms with Crippen LogP contribution in [0.25, 0.3) is 0 Å². The zero-order valence-electron chi connectivity index (χ0n) is 19.6. The van der Waals surface area contributed by atoms with Crippen molar-refractivity contribution in [2.45, 2.75) is 26.8 Å². The molecule has 0 radical (unpaired) electrons. The van der Waals surface area contributed by atoms with Crippen molar-refractivity contribution in [1.29, 1.82) is 0 Å². The lowest BCUT2D eigenvalue weighted by molar-refractivity contribution is -0.394. The minimum absolute atomic E-state index is 0.208. The molecule has 0 spiro atoms. The molecule has 0 aromatic heterocycles. The van der Waals surface area contributed by atoms with Gasteiger partial charge in [-0.3, -0.25) is 25.0 Å². The van der Waals surface area contributed by atoms with Gasteiger partial charge in [-0.2, -0.15) is 0 Å². The van der Waals surface area contributed by atoms with E-state index in [0.717, 1.165) is 18.2 Å². The second-order valence-electron chi connectivity index (χ2n) is 7.67. The van der Waals surface area contributed by atoms with Crippen molar-refractivity contribution in [2.24, 2.45) is 0 Å². The van der Waals surface area contributed by atoms with E-state index in [2.05, 4.69) is 10.6 Å². The lowest BCUT2D eigenvalue weighted by Gasteiger charge is -2.37. The maximum atomic E-state index is 12.7. The minimum atomic E-state index is -0.809. The van der Waals surface area contributed by atoms with Gasteiger partial charge in [-0.25, -0.2) is 4.79 Å². The molecule has 2 aromatic rings. The molecule has 1 heterocycles. The Morgan fingerprint density at radius 3 is 2.17 bits per heavy atom. The van der Waals surface area contributed by atoms with Crippen LogP contribution in [-0.4, -0.2) is 44.9 Å². The fourth-order valence-corrected chi connectivity index (χ4v) is 4.17. The van der Waals surface area contributed by atoms with E-state index in [9.17, 15) is 29.8 Å². The van der Waals surface area contributed by atoms with Crippen molar-refractivity contribution in [3.05, 3.63) is 85.1 Å².